The Hall–Kier alpha value is -2.87. The van der Waals surface area contributed by atoms with E-state index >= 15 is 0 Å². The van der Waals surface area contributed by atoms with Crippen LogP contribution < -0.4 is 15.5 Å². The monoisotopic (exact) mass is 447 g/mol. The molecule has 0 heterocycles. The van der Waals surface area contributed by atoms with E-state index in [9.17, 15) is 14.4 Å². The number of nitrogens with zero attached hydrogens (tertiary/aromatic N) is 1. The number of rotatable bonds is 7. The number of halogens is 1. The van der Waals surface area contributed by atoms with Crippen LogP contribution in [-0.4, -0.2) is 38.1 Å². The van der Waals surface area contributed by atoms with E-state index in [0.29, 0.717) is 23.5 Å². The fraction of sp³-hybridized carbons (Fsp3) is 0.250. The van der Waals surface area contributed by atoms with Crippen LogP contribution in [0.25, 0.3) is 0 Å². The maximum Gasteiger partial charge on any atom is 0.413 e. The van der Waals surface area contributed by atoms with Crippen molar-refractivity contribution in [1.29, 1.82) is 0 Å². The first kappa shape index (κ1) is 21.4. The van der Waals surface area contributed by atoms with Gasteiger partial charge in [0.1, 0.15) is 0 Å². The number of benzene rings is 2. The smallest absolute Gasteiger partial charge is 0.413 e. The van der Waals surface area contributed by atoms with Gasteiger partial charge in [0.05, 0.1) is 6.61 Å². The van der Waals surface area contributed by atoms with Crippen molar-refractivity contribution in [3.05, 3.63) is 58.6 Å². The van der Waals surface area contributed by atoms with Gasteiger partial charge in [0.2, 0.25) is 5.91 Å². The Kier molecular flexibility index (Phi) is 8.01. The van der Waals surface area contributed by atoms with Crippen LogP contribution >= 0.6 is 15.9 Å². The molecule has 0 aromatic heterocycles. The van der Waals surface area contributed by atoms with Gasteiger partial charge < -0.3 is 15.4 Å². The first-order valence-corrected chi connectivity index (χ1v) is 9.54. The van der Waals surface area contributed by atoms with Crippen LogP contribution in [0.2, 0.25) is 0 Å². The van der Waals surface area contributed by atoms with Crippen molar-refractivity contribution in [2.24, 2.45) is 0 Å². The quantitative estimate of drug-likeness (QED) is 0.675. The molecule has 0 unspecified atom stereocenters. The molecule has 0 aliphatic carbocycles. The Morgan fingerprint density at radius 1 is 1.04 bits per heavy atom. The van der Waals surface area contributed by atoms with E-state index in [-0.39, 0.29) is 24.8 Å². The van der Waals surface area contributed by atoms with Crippen molar-refractivity contribution in [2.75, 3.05) is 30.4 Å². The molecule has 3 amide bonds. The van der Waals surface area contributed by atoms with Crippen molar-refractivity contribution < 1.29 is 19.1 Å². The van der Waals surface area contributed by atoms with Gasteiger partial charge in [-0.15, -0.1) is 0 Å². The molecule has 0 fully saturated rings. The highest BCUT2D eigenvalue weighted by Crippen LogP contribution is 2.17. The molecule has 2 aromatic carbocycles. The van der Waals surface area contributed by atoms with Crippen molar-refractivity contribution in [2.45, 2.75) is 13.3 Å². The van der Waals surface area contributed by atoms with E-state index in [4.69, 9.17) is 4.74 Å². The molecular formula is C20H22BrN3O4. The molecule has 0 radical (unpaired) electrons. The molecule has 2 rings (SSSR count). The Balaban J connectivity index is 1.79. The van der Waals surface area contributed by atoms with Crippen molar-refractivity contribution in [3.63, 3.8) is 0 Å². The highest BCUT2D eigenvalue weighted by molar-refractivity contribution is 9.10. The first-order chi connectivity index (χ1) is 13.4. The molecule has 0 aliphatic heterocycles. The minimum atomic E-state index is -0.444. The van der Waals surface area contributed by atoms with Gasteiger partial charge in [-0.25, -0.2) is 4.79 Å². The second-order valence-electron chi connectivity index (χ2n) is 5.87. The van der Waals surface area contributed by atoms with Gasteiger partial charge in [0, 0.05) is 41.4 Å². The van der Waals surface area contributed by atoms with Gasteiger partial charge in [0.15, 0.2) is 0 Å². The van der Waals surface area contributed by atoms with E-state index in [2.05, 4.69) is 26.6 Å². The molecule has 2 N–H and O–H groups in total. The Morgan fingerprint density at radius 2 is 1.68 bits per heavy atom. The van der Waals surface area contributed by atoms with Crippen LogP contribution in [0.3, 0.4) is 0 Å². The Labute approximate surface area is 172 Å². The fourth-order valence-corrected chi connectivity index (χ4v) is 2.57. The highest BCUT2D eigenvalue weighted by atomic mass is 79.9. The normalized spacial score (nSPS) is 10.1. The summed E-state index contributed by atoms with van der Waals surface area (Å²) in [5, 5.41) is 5.46. The molecule has 148 valence electrons. The SMILES string of the molecule is CCOC(=O)N(C)c1ccc(NC(=O)CCNC(=O)c2ccc(Br)cc2)cc1. The topological polar surface area (TPSA) is 87.7 Å². The van der Waals surface area contributed by atoms with E-state index in [1.165, 1.54) is 4.90 Å². The van der Waals surface area contributed by atoms with E-state index < -0.39 is 6.09 Å². The number of ether oxygens (including phenoxy) is 1. The van der Waals surface area contributed by atoms with Gasteiger partial charge in [-0.05, 0) is 55.5 Å². The lowest BCUT2D eigenvalue weighted by Crippen LogP contribution is -2.27. The maximum absolute atomic E-state index is 12.0. The molecule has 0 atom stereocenters. The summed E-state index contributed by atoms with van der Waals surface area (Å²) in [6.07, 6.45) is -0.298. The number of carbonyl (C=O) groups excluding carboxylic acids is 3. The summed E-state index contributed by atoms with van der Waals surface area (Å²) in [7, 11) is 1.61. The molecule has 0 bridgehead atoms. The third-order valence-electron chi connectivity index (χ3n) is 3.82. The molecule has 7 nitrogen and oxygen atoms in total. The van der Waals surface area contributed by atoms with Gasteiger partial charge in [0.25, 0.3) is 5.91 Å². The van der Waals surface area contributed by atoms with Gasteiger partial charge in [-0.2, -0.15) is 0 Å². The second kappa shape index (κ2) is 10.5. The number of carbonyl (C=O) groups is 3. The highest BCUT2D eigenvalue weighted by Gasteiger charge is 2.12. The van der Waals surface area contributed by atoms with Gasteiger partial charge in [-0.3, -0.25) is 14.5 Å². The zero-order valence-corrected chi connectivity index (χ0v) is 17.3. The number of hydrogen-bond donors (Lipinski definition) is 2. The zero-order valence-electron chi connectivity index (χ0n) is 15.7. The lowest BCUT2D eigenvalue weighted by atomic mass is 10.2. The standard InChI is InChI=1S/C20H22BrN3O4/c1-3-28-20(27)24(2)17-10-8-16(9-11-17)23-18(25)12-13-22-19(26)14-4-6-15(21)7-5-14/h4-11H,3,12-13H2,1-2H3,(H,22,26)(H,23,25). The molecular weight excluding hydrogens is 426 g/mol. The van der Waals surface area contributed by atoms with Crippen LogP contribution in [0.5, 0.6) is 0 Å². The Bertz CT molecular complexity index is 822. The third-order valence-corrected chi connectivity index (χ3v) is 4.35. The lowest BCUT2D eigenvalue weighted by Gasteiger charge is -2.17. The largest absolute Gasteiger partial charge is 0.449 e. The first-order valence-electron chi connectivity index (χ1n) is 8.75. The van der Waals surface area contributed by atoms with Gasteiger partial charge >= 0.3 is 6.09 Å². The average Bonchev–Trinajstić information content (AvgIpc) is 2.68. The van der Waals surface area contributed by atoms with Crippen LogP contribution in [0.4, 0.5) is 16.2 Å². The molecule has 28 heavy (non-hydrogen) atoms. The average molecular weight is 448 g/mol. The van der Waals surface area contributed by atoms with E-state index in [1.54, 1.807) is 62.5 Å². The van der Waals surface area contributed by atoms with Crippen LogP contribution in [0.15, 0.2) is 53.0 Å². The fourth-order valence-electron chi connectivity index (χ4n) is 2.31. The summed E-state index contributed by atoms with van der Waals surface area (Å²) < 4.78 is 5.83. The number of amides is 3. The zero-order chi connectivity index (χ0) is 20.5. The number of hydrogen-bond acceptors (Lipinski definition) is 4. The summed E-state index contributed by atoms with van der Waals surface area (Å²) in [5.74, 6) is -0.450. The molecule has 0 saturated heterocycles. The number of nitrogens with one attached hydrogen (secondary N) is 2. The van der Waals surface area contributed by atoms with E-state index in [1.807, 2.05) is 0 Å². The maximum atomic E-state index is 12.0. The predicted octanol–water partition coefficient (Wildman–Crippen LogP) is 3.80. The third kappa shape index (κ3) is 6.38. The summed E-state index contributed by atoms with van der Waals surface area (Å²) in [6.45, 7) is 2.27. The predicted molar refractivity (Wildman–Crippen MR) is 112 cm³/mol. The minimum absolute atomic E-state index is 0.146. The summed E-state index contributed by atoms with van der Waals surface area (Å²) in [6, 6.07) is 13.8. The summed E-state index contributed by atoms with van der Waals surface area (Å²) in [5.41, 5.74) is 1.79. The number of anilines is 2. The van der Waals surface area contributed by atoms with Crippen LogP contribution in [-0.2, 0) is 9.53 Å². The summed E-state index contributed by atoms with van der Waals surface area (Å²) >= 11 is 3.31. The minimum Gasteiger partial charge on any atom is -0.449 e. The molecule has 0 aliphatic rings. The molecule has 0 saturated carbocycles. The van der Waals surface area contributed by atoms with Crippen molar-refractivity contribution in [3.8, 4) is 0 Å². The molecule has 8 heteroatoms. The second-order valence-corrected chi connectivity index (χ2v) is 6.78. The van der Waals surface area contributed by atoms with E-state index in [0.717, 1.165) is 4.47 Å². The van der Waals surface area contributed by atoms with Crippen molar-refractivity contribution >= 4 is 45.2 Å². The van der Waals surface area contributed by atoms with Crippen LogP contribution in [0.1, 0.15) is 23.7 Å². The molecule has 0 spiro atoms. The summed E-state index contributed by atoms with van der Waals surface area (Å²) in [4.78, 5) is 37.1. The van der Waals surface area contributed by atoms with Crippen molar-refractivity contribution in [1.82, 2.24) is 5.32 Å². The van der Waals surface area contributed by atoms with Crippen LogP contribution in [0, 0.1) is 0 Å². The lowest BCUT2D eigenvalue weighted by molar-refractivity contribution is -0.116. The van der Waals surface area contributed by atoms with Gasteiger partial charge in [-0.1, -0.05) is 15.9 Å². The molecule has 2 aromatic rings. The Morgan fingerprint density at radius 3 is 2.29 bits per heavy atom.